The Morgan fingerprint density at radius 2 is 1.41 bits per heavy atom. The highest BCUT2D eigenvalue weighted by Crippen LogP contribution is 2.30. The molecule has 0 saturated heterocycles. The molecule has 0 fully saturated rings. The van der Waals surface area contributed by atoms with Crippen LogP contribution >= 0.6 is 0 Å². The first-order chi connectivity index (χ1) is 13.9. The van der Waals surface area contributed by atoms with Crippen molar-refractivity contribution in [3.63, 3.8) is 0 Å². The summed E-state index contributed by atoms with van der Waals surface area (Å²) in [5.41, 5.74) is 0.442. The van der Waals surface area contributed by atoms with E-state index in [1.807, 2.05) is 0 Å². The van der Waals surface area contributed by atoms with E-state index in [-0.39, 0.29) is 18.3 Å². The minimum atomic E-state index is -4.40. The molecule has 2 aromatic carbocycles. The predicted molar refractivity (Wildman–Crippen MR) is 93.5 cm³/mol. The van der Waals surface area contributed by atoms with E-state index >= 15 is 0 Å². The Hall–Kier alpha value is -3.69. The number of hydrogen-bond donors (Lipinski definition) is 0. The van der Waals surface area contributed by atoms with Crippen molar-refractivity contribution in [3.8, 4) is 28.5 Å². The van der Waals surface area contributed by atoms with Crippen molar-refractivity contribution in [1.29, 1.82) is 0 Å². The lowest BCUT2D eigenvalue weighted by Crippen LogP contribution is -2.04. The van der Waals surface area contributed by atoms with Crippen LogP contribution in [0.5, 0.6) is 5.75 Å². The van der Waals surface area contributed by atoms with Crippen LogP contribution in [-0.2, 0) is 12.8 Å². The smallest absolute Gasteiger partial charge is 0.416 e. The topological polar surface area (TPSA) is 87.1 Å². The van der Waals surface area contributed by atoms with Gasteiger partial charge in [0.15, 0.2) is 6.61 Å². The summed E-state index contributed by atoms with van der Waals surface area (Å²) < 4.78 is 53.5. The molecule has 10 heteroatoms. The fourth-order valence-corrected chi connectivity index (χ4v) is 2.50. The van der Waals surface area contributed by atoms with Gasteiger partial charge < -0.3 is 13.8 Å². The quantitative estimate of drug-likeness (QED) is 0.478. The van der Waals surface area contributed by atoms with Crippen LogP contribution in [0.25, 0.3) is 22.8 Å². The van der Waals surface area contributed by atoms with E-state index in [4.69, 9.17) is 13.8 Å². The van der Waals surface area contributed by atoms with E-state index < -0.39 is 11.7 Å². The van der Waals surface area contributed by atoms with Crippen LogP contribution in [0, 0.1) is 6.92 Å². The van der Waals surface area contributed by atoms with Crippen LogP contribution in [0.1, 0.15) is 17.3 Å². The van der Waals surface area contributed by atoms with Gasteiger partial charge in [-0.25, -0.2) is 0 Å². The maximum atomic E-state index is 12.6. The van der Waals surface area contributed by atoms with Gasteiger partial charge in [0.25, 0.3) is 5.89 Å². The van der Waals surface area contributed by atoms with Gasteiger partial charge in [0.05, 0.1) is 5.56 Å². The lowest BCUT2D eigenvalue weighted by atomic mass is 10.1. The molecule has 0 spiro atoms. The molecule has 29 heavy (non-hydrogen) atoms. The number of nitrogens with zero attached hydrogens (tertiary/aromatic N) is 4. The minimum Gasteiger partial charge on any atom is -0.484 e. The molecule has 148 valence electrons. The Bertz CT molecular complexity index is 1100. The SMILES string of the molecule is Cc1nc(-c2ccc(OCc3nc(-c4ccc(C(F)(F)F)cc4)no3)cc2)no1. The Kier molecular flexibility index (Phi) is 4.75. The van der Waals surface area contributed by atoms with E-state index in [0.29, 0.717) is 23.0 Å². The first-order valence-corrected chi connectivity index (χ1v) is 8.42. The average molecular weight is 402 g/mol. The van der Waals surface area contributed by atoms with Gasteiger partial charge in [-0.1, -0.05) is 22.4 Å². The van der Waals surface area contributed by atoms with Crippen LogP contribution in [0.3, 0.4) is 0 Å². The summed E-state index contributed by atoms with van der Waals surface area (Å²) >= 11 is 0. The fraction of sp³-hybridized carbons (Fsp3) is 0.158. The maximum absolute atomic E-state index is 12.6. The van der Waals surface area contributed by atoms with Gasteiger partial charge in [-0.15, -0.1) is 0 Å². The summed E-state index contributed by atoms with van der Waals surface area (Å²) in [6.07, 6.45) is -4.40. The molecule has 0 amide bonds. The molecule has 2 heterocycles. The summed E-state index contributed by atoms with van der Waals surface area (Å²) in [4.78, 5) is 8.28. The third-order valence-electron chi connectivity index (χ3n) is 3.94. The lowest BCUT2D eigenvalue weighted by molar-refractivity contribution is -0.137. The van der Waals surface area contributed by atoms with E-state index in [2.05, 4.69) is 20.3 Å². The second-order valence-corrected chi connectivity index (χ2v) is 6.04. The molecule has 0 aliphatic heterocycles. The number of rotatable bonds is 5. The van der Waals surface area contributed by atoms with Crippen molar-refractivity contribution in [2.45, 2.75) is 19.7 Å². The number of alkyl halides is 3. The summed E-state index contributed by atoms with van der Waals surface area (Å²) in [7, 11) is 0. The fourth-order valence-electron chi connectivity index (χ4n) is 2.50. The molecule has 7 nitrogen and oxygen atoms in total. The molecule has 0 N–H and O–H groups in total. The zero-order valence-electron chi connectivity index (χ0n) is 15.0. The van der Waals surface area contributed by atoms with E-state index in [1.165, 1.54) is 12.1 Å². The van der Waals surface area contributed by atoms with Crippen molar-refractivity contribution in [1.82, 2.24) is 20.3 Å². The van der Waals surface area contributed by atoms with Crippen LogP contribution in [0.2, 0.25) is 0 Å². The second-order valence-electron chi connectivity index (χ2n) is 6.04. The molecule has 0 radical (unpaired) electrons. The number of aromatic nitrogens is 4. The van der Waals surface area contributed by atoms with Gasteiger partial charge in [0.1, 0.15) is 5.75 Å². The predicted octanol–water partition coefficient (Wildman–Crippen LogP) is 4.69. The van der Waals surface area contributed by atoms with E-state index in [9.17, 15) is 13.2 Å². The molecule has 0 bridgehead atoms. The van der Waals surface area contributed by atoms with Crippen LogP contribution in [0.4, 0.5) is 13.2 Å². The highest BCUT2D eigenvalue weighted by molar-refractivity contribution is 5.56. The highest BCUT2D eigenvalue weighted by atomic mass is 19.4. The zero-order chi connectivity index (χ0) is 20.4. The molecular formula is C19H13F3N4O3. The highest BCUT2D eigenvalue weighted by Gasteiger charge is 2.30. The monoisotopic (exact) mass is 402 g/mol. The van der Waals surface area contributed by atoms with Gasteiger partial charge in [-0.3, -0.25) is 0 Å². The van der Waals surface area contributed by atoms with Crippen LogP contribution < -0.4 is 4.74 Å². The third-order valence-corrected chi connectivity index (χ3v) is 3.94. The second kappa shape index (κ2) is 7.38. The summed E-state index contributed by atoms with van der Waals surface area (Å²) in [6.45, 7) is 1.71. The molecule has 0 saturated carbocycles. The number of halogens is 3. The van der Waals surface area contributed by atoms with Crippen molar-refractivity contribution in [2.75, 3.05) is 0 Å². The largest absolute Gasteiger partial charge is 0.484 e. The molecule has 4 rings (SSSR count). The molecule has 0 unspecified atom stereocenters. The summed E-state index contributed by atoms with van der Waals surface area (Å²) in [5, 5.41) is 7.61. The zero-order valence-corrected chi connectivity index (χ0v) is 15.0. The van der Waals surface area contributed by atoms with Gasteiger partial charge in [0, 0.05) is 18.1 Å². The molecule has 0 aliphatic carbocycles. The first-order valence-electron chi connectivity index (χ1n) is 8.42. The van der Waals surface area contributed by atoms with Gasteiger partial charge in [-0.05, 0) is 36.4 Å². The van der Waals surface area contributed by atoms with Gasteiger partial charge in [-0.2, -0.15) is 23.1 Å². The number of aryl methyl sites for hydroxylation is 1. The summed E-state index contributed by atoms with van der Waals surface area (Å²) in [6, 6.07) is 11.5. The molecule has 2 aromatic heterocycles. The lowest BCUT2D eigenvalue weighted by Gasteiger charge is -2.05. The third kappa shape index (κ3) is 4.26. The normalized spacial score (nSPS) is 11.6. The van der Waals surface area contributed by atoms with Crippen LogP contribution in [0.15, 0.2) is 57.6 Å². The molecule has 0 aliphatic rings. The number of ether oxygens (including phenoxy) is 1. The maximum Gasteiger partial charge on any atom is 0.416 e. The molecule has 4 aromatic rings. The number of hydrogen-bond acceptors (Lipinski definition) is 7. The molecular weight excluding hydrogens is 389 g/mol. The van der Waals surface area contributed by atoms with Crippen molar-refractivity contribution < 1.29 is 27.0 Å². The van der Waals surface area contributed by atoms with Crippen molar-refractivity contribution in [3.05, 3.63) is 65.9 Å². The Labute approximate surface area is 162 Å². The Morgan fingerprint density at radius 3 is 2.00 bits per heavy atom. The number of benzene rings is 2. The average Bonchev–Trinajstić information content (AvgIpc) is 3.35. The first kappa shape index (κ1) is 18.7. The minimum absolute atomic E-state index is 0.00823. The van der Waals surface area contributed by atoms with Crippen molar-refractivity contribution >= 4 is 0 Å². The van der Waals surface area contributed by atoms with Gasteiger partial charge >= 0.3 is 6.18 Å². The van der Waals surface area contributed by atoms with E-state index in [0.717, 1.165) is 17.7 Å². The van der Waals surface area contributed by atoms with E-state index in [1.54, 1.807) is 31.2 Å². The summed E-state index contributed by atoms with van der Waals surface area (Å²) in [5.74, 6) is 1.88. The van der Waals surface area contributed by atoms with Crippen molar-refractivity contribution in [2.24, 2.45) is 0 Å². The van der Waals surface area contributed by atoms with Crippen LogP contribution in [-0.4, -0.2) is 20.3 Å². The Morgan fingerprint density at radius 1 is 0.828 bits per heavy atom. The standard InChI is InChI=1S/C19H13F3N4O3/c1-11-23-17(25-28-11)13-4-8-15(9-5-13)27-10-16-24-18(26-29-16)12-2-6-14(7-3-12)19(20,21)22/h2-9H,10H2,1H3. The Balaban J connectivity index is 1.39. The van der Waals surface area contributed by atoms with Gasteiger partial charge in [0.2, 0.25) is 17.5 Å². The molecule has 0 atom stereocenters.